The molecule has 0 N–H and O–H groups in total. The first-order valence-electron chi connectivity index (χ1n) is 6.91. The molecule has 11 heteroatoms. The molecule has 1 saturated heterocycles. The number of alkyl halides is 3. The Balaban J connectivity index is 1.62. The Hall–Kier alpha value is -2.46. The topological polar surface area (TPSA) is 89.9 Å². The first kappa shape index (κ1) is 15.4. The fraction of sp³-hybridized carbons (Fsp3) is 0.583. The van der Waals surface area contributed by atoms with Gasteiger partial charge in [0, 0.05) is 26.1 Å². The summed E-state index contributed by atoms with van der Waals surface area (Å²) in [5.41, 5.74) is 0.239. The molecule has 23 heavy (non-hydrogen) atoms. The van der Waals surface area contributed by atoms with Crippen LogP contribution in [0, 0.1) is 0 Å². The predicted molar refractivity (Wildman–Crippen MR) is 68.2 cm³/mol. The van der Waals surface area contributed by atoms with Crippen LogP contribution in [-0.2, 0) is 13.2 Å². The first-order valence-corrected chi connectivity index (χ1v) is 6.91. The molecule has 0 spiro atoms. The van der Waals surface area contributed by atoms with E-state index in [9.17, 15) is 18.0 Å². The minimum Gasteiger partial charge on any atom is -0.417 e. The van der Waals surface area contributed by atoms with Gasteiger partial charge in [-0.3, -0.25) is 9.48 Å². The molecular formula is C12H13F3N6O2. The molecule has 0 unspecified atom stereocenters. The van der Waals surface area contributed by atoms with E-state index < -0.39 is 12.1 Å². The maximum atomic E-state index is 12.5. The highest BCUT2D eigenvalue weighted by Gasteiger charge is 2.39. The average molecular weight is 330 g/mol. The Bertz CT molecular complexity index is 702. The van der Waals surface area contributed by atoms with Crippen LogP contribution < -0.4 is 0 Å². The summed E-state index contributed by atoms with van der Waals surface area (Å²) >= 11 is 0. The SMILES string of the molecule is Cn1cc(C(=O)N2CCC(c3nnc(C(F)(F)F)o3)CC2)nn1. The number of rotatable bonds is 2. The number of aromatic nitrogens is 5. The van der Waals surface area contributed by atoms with Crippen LogP contribution in [0.15, 0.2) is 10.6 Å². The molecule has 2 aromatic rings. The third kappa shape index (κ3) is 3.17. The highest BCUT2D eigenvalue weighted by Crippen LogP contribution is 2.32. The van der Waals surface area contributed by atoms with Crippen LogP contribution in [0.4, 0.5) is 13.2 Å². The summed E-state index contributed by atoms with van der Waals surface area (Å²) in [6, 6.07) is 0. The van der Waals surface area contributed by atoms with Crippen molar-refractivity contribution in [2.45, 2.75) is 24.9 Å². The lowest BCUT2D eigenvalue weighted by molar-refractivity contribution is -0.157. The third-order valence-corrected chi connectivity index (χ3v) is 3.64. The van der Waals surface area contributed by atoms with E-state index in [2.05, 4.69) is 20.5 Å². The summed E-state index contributed by atoms with van der Waals surface area (Å²) in [6.45, 7) is 0.758. The van der Waals surface area contributed by atoms with Crippen molar-refractivity contribution in [1.29, 1.82) is 0 Å². The van der Waals surface area contributed by atoms with Gasteiger partial charge in [-0.1, -0.05) is 5.21 Å². The molecular weight excluding hydrogens is 317 g/mol. The Morgan fingerprint density at radius 2 is 1.96 bits per heavy atom. The second kappa shape index (κ2) is 5.63. The molecule has 2 aromatic heterocycles. The van der Waals surface area contributed by atoms with Gasteiger partial charge < -0.3 is 9.32 Å². The summed E-state index contributed by atoms with van der Waals surface area (Å²) in [5, 5.41) is 14.0. The third-order valence-electron chi connectivity index (χ3n) is 3.64. The molecule has 3 heterocycles. The van der Waals surface area contributed by atoms with Gasteiger partial charge in [-0.2, -0.15) is 13.2 Å². The summed E-state index contributed by atoms with van der Waals surface area (Å²) in [5.74, 6) is -1.92. The largest absolute Gasteiger partial charge is 0.470 e. The minimum absolute atomic E-state index is 0.0380. The smallest absolute Gasteiger partial charge is 0.417 e. The molecule has 1 aliphatic heterocycles. The monoisotopic (exact) mass is 330 g/mol. The summed E-state index contributed by atoms with van der Waals surface area (Å²) in [6.07, 6.45) is -2.23. The molecule has 0 radical (unpaired) electrons. The number of hydrogen-bond donors (Lipinski definition) is 0. The molecule has 124 valence electrons. The van der Waals surface area contributed by atoms with Crippen molar-refractivity contribution >= 4 is 5.91 Å². The maximum absolute atomic E-state index is 12.5. The van der Waals surface area contributed by atoms with Crippen molar-refractivity contribution in [2.24, 2.45) is 7.05 Å². The maximum Gasteiger partial charge on any atom is 0.470 e. The van der Waals surface area contributed by atoms with Crippen molar-refractivity contribution in [1.82, 2.24) is 30.1 Å². The molecule has 0 atom stereocenters. The van der Waals surface area contributed by atoms with Gasteiger partial charge in [-0.05, 0) is 12.8 Å². The zero-order valence-corrected chi connectivity index (χ0v) is 12.1. The quantitative estimate of drug-likeness (QED) is 0.823. The van der Waals surface area contributed by atoms with Crippen LogP contribution in [0.3, 0.4) is 0 Å². The van der Waals surface area contributed by atoms with E-state index in [0.29, 0.717) is 25.9 Å². The Morgan fingerprint density at radius 1 is 1.26 bits per heavy atom. The van der Waals surface area contributed by atoms with Gasteiger partial charge in [0.05, 0.1) is 6.20 Å². The molecule has 8 nitrogen and oxygen atoms in total. The van der Waals surface area contributed by atoms with Crippen LogP contribution in [-0.4, -0.2) is 49.1 Å². The van der Waals surface area contributed by atoms with Crippen LogP contribution in [0.2, 0.25) is 0 Å². The number of nitrogens with zero attached hydrogens (tertiary/aromatic N) is 6. The number of carbonyl (C=O) groups is 1. The Labute approximate surface area is 128 Å². The van der Waals surface area contributed by atoms with Gasteiger partial charge >= 0.3 is 12.1 Å². The molecule has 1 aliphatic rings. The molecule has 0 aromatic carbocycles. The van der Waals surface area contributed by atoms with E-state index >= 15 is 0 Å². The molecule has 1 fully saturated rings. The summed E-state index contributed by atoms with van der Waals surface area (Å²) in [4.78, 5) is 13.8. The van der Waals surface area contributed by atoms with E-state index in [1.54, 1.807) is 11.9 Å². The van der Waals surface area contributed by atoms with Crippen molar-refractivity contribution in [2.75, 3.05) is 13.1 Å². The van der Waals surface area contributed by atoms with Gasteiger partial charge in [0.15, 0.2) is 5.69 Å². The standard InChI is InChI=1S/C12H13F3N6O2/c1-20-6-8(16-19-20)10(22)21-4-2-7(3-5-21)9-17-18-11(23-9)12(13,14)15/h6-7H,2-5H2,1H3. The Kier molecular flexibility index (Phi) is 3.78. The normalized spacial score (nSPS) is 16.8. The van der Waals surface area contributed by atoms with Crippen molar-refractivity contribution in [3.05, 3.63) is 23.7 Å². The Morgan fingerprint density at radius 3 is 2.48 bits per heavy atom. The van der Waals surface area contributed by atoms with Crippen LogP contribution >= 0.6 is 0 Å². The van der Waals surface area contributed by atoms with Crippen LogP contribution in [0.25, 0.3) is 0 Å². The number of hydrogen-bond acceptors (Lipinski definition) is 6. The highest BCUT2D eigenvalue weighted by atomic mass is 19.4. The first-order chi connectivity index (χ1) is 10.8. The second-order valence-electron chi connectivity index (χ2n) is 5.29. The lowest BCUT2D eigenvalue weighted by Crippen LogP contribution is -2.38. The molecule has 0 bridgehead atoms. The van der Waals surface area contributed by atoms with Crippen molar-refractivity contribution < 1.29 is 22.4 Å². The van der Waals surface area contributed by atoms with Crippen LogP contribution in [0.5, 0.6) is 0 Å². The van der Waals surface area contributed by atoms with E-state index in [4.69, 9.17) is 4.42 Å². The van der Waals surface area contributed by atoms with E-state index in [-0.39, 0.29) is 23.4 Å². The number of aryl methyl sites for hydroxylation is 1. The molecule has 3 rings (SSSR count). The van der Waals surface area contributed by atoms with Gasteiger partial charge in [0.1, 0.15) is 0 Å². The fourth-order valence-corrected chi connectivity index (χ4v) is 2.45. The van der Waals surface area contributed by atoms with Crippen LogP contribution in [0.1, 0.15) is 41.0 Å². The van der Waals surface area contributed by atoms with E-state index in [1.165, 1.54) is 10.9 Å². The van der Waals surface area contributed by atoms with Crippen molar-refractivity contribution in [3.63, 3.8) is 0 Å². The van der Waals surface area contributed by atoms with Crippen molar-refractivity contribution in [3.8, 4) is 0 Å². The fourth-order valence-electron chi connectivity index (χ4n) is 2.45. The zero-order chi connectivity index (χ0) is 16.6. The number of piperidine rings is 1. The highest BCUT2D eigenvalue weighted by molar-refractivity contribution is 5.91. The van der Waals surface area contributed by atoms with E-state index in [0.717, 1.165) is 0 Å². The molecule has 0 saturated carbocycles. The number of amides is 1. The summed E-state index contributed by atoms with van der Waals surface area (Å²) < 4.78 is 43.5. The van der Waals surface area contributed by atoms with Gasteiger partial charge in [0.25, 0.3) is 5.91 Å². The second-order valence-corrected chi connectivity index (χ2v) is 5.29. The lowest BCUT2D eigenvalue weighted by Gasteiger charge is -2.29. The lowest BCUT2D eigenvalue weighted by atomic mass is 9.96. The van der Waals surface area contributed by atoms with Gasteiger partial charge in [-0.15, -0.1) is 15.3 Å². The van der Waals surface area contributed by atoms with Gasteiger partial charge in [-0.25, -0.2) is 0 Å². The number of likely N-dealkylation sites (tertiary alicyclic amines) is 1. The molecule has 0 aliphatic carbocycles. The average Bonchev–Trinajstić information content (AvgIpc) is 3.15. The van der Waals surface area contributed by atoms with Gasteiger partial charge in [0.2, 0.25) is 5.89 Å². The zero-order valence-electron chi connectivity index (χ0n) is 12.1. The summed E-state index contributed by atoms with van der Waals surface area (Å²) in [7, 11) is 1.66. The molecule has 1 amide bonds. The number of halogens is 3. The van der Waals surface area contributed by atoms with E-state index in [1.807, 2.05) is 0 Å². The number of carbonyl (C=O) groups excluding carboxylic acids is 1. The predicted octanol–water partition coefficient (Wildman–Crippen LogP) is 1.24. The minimum atomic E-state index is -4.64.